The molecule has 5 heteroatoms. The summed E-state index contributed by atoms with van der Waals surface area (Å²) in [6, 6.07) is 10.1. The third-order valence-electron chi connectivity index (χ3n) is 3.34. The second-order valence-electron chi connectivity index (χ2n) is 4.60. The van der Waals surface area contributed by atoms with Gasteiger partial charge in [-0.25, -0.2) is 0 Å². The van der Waals surface area contributed by atoms with Gasteiger partial charge in [0.05, 0.1) is 23.0 Å². The molecule has 2 rings (SSSR count). The number of halogens is 1. The van der Waals surface area contributed by atoms with Gasteiger partial charge in [0.1, 0.15) is 6.10 Å². The third-order valence-corrected chi connectivity index (χ3v) is 3.63. The van der Waals surface area contributed by atoms with E-state index in [1.165, 1.54) is 0 Å². The highest BCUT2D eigenvalue weighted by Gasteiger charge is 2.28. The highest BCUT2D eigenvalue weighted by Crippen LogP contribution is 2.34. The summed E-state index contributed by atoms with van der Waals surface area (Å²) in [6.45, 7) is 2.88. The van der Waals surface area contributed by atoms with Crippen LogP contribution in [0.1, 0.15) is 30.3 Å². The number of hydrogen-bond donors (Lipinski definition) is 1. The Hall–Kier alpha value is -1.36. The van der Waals surface area contributed by atoms with Crippen LogP contribution in [0.5, 0.6) is 0 Å². The number of likely N-dealkylation sites (N-methyl/N-ethyl adjacent to an activating group) is 1. The fraction of sp³-hybridized carbons (Fsp3) is 0.400. The van der Waals surface area contributed by atoms with E-state index in [0.717, 1.165) is 17.8 Å². The zero-order valence-electron chi connectivity index (χ0n) is 12.0. The monoisotopic (exact) mass is 293 g/mol. The van der Waals surface area contributed by atoms with Crippen molar-refractivity contribution in [1.29, 1.82) is 0 Å². The van der Waals surface area contributed by atoms with Crippen molar-refractivity contribution in [3.05, 3.63) is 52.8 Å². The van der Waals surface area contributed by atoms with Crippen molar-refractivity contribution in [2.75, 3.05) is 13.7 Å². The van der Waals surface area contributed by atoms with Crippen molar-refractivity contribution < 1.29 is 4.74 Å². The first-order valence-corrected chi connectivity index (χ1v) is 7.05. The lowest BCUT2D eigenvalue weighted by Crippen LogP contribution is -2.30. The number of methoxy groups -OCH3 is 1. The predicted octanol–water partition coefficient (Wildman–Crippen LogP) is 3.11. The molecular weight excluding hydrogens is 274 g/mol. The first-order valence-electron chi connectivity index (χ1n) is 6.67. The normalized spacial score (nSPS) is 14.2. The Morgan fingerprint density at radius 1 is 1.35 bits per heavy atom. The maximum Gasteiger partial charge on any atom is 0.103 e. The molecule has 4 nitrogen and oxygen atoms in total. The highest BCUT2D eigenvalue weighted by atomic mass is 35.5. The number of ether oxygens (including phenoxy) is 1. The number of aryl methyl sites for hydroxylation is 1. The SMILES string of the molecule is CCNC(c1c(Cl)cnn1C)C(OC)c1ccccc1. The van der Waals surface area contributed by atoms with Crippen LogP contribution in [0, 0.1) is 0 Å². The van der Waals surface area contributed by atoms with Gasteiger partial charge in [-0.1, -0.05) is 48.9 Å². The van der Waals surface area contributed by atoms with E-state index in [1.54, 1.807) is 18.0 Å². The fourth-order valence-electron chi connectivity index (χ4n) is 2.44. The Balaban J connectivity index is 2.41. The zero-order chi connectivity index (χ0) is 14.5. The fourth-order valence-corrected chi connectivity index (χ4v) is 2.73. The van der Waals surface area contributed by atoms with Gasteiger partial charge in [-0.15, -0.1) is 0 Å². The molecule has 2 atom stereocenters. The molecule has 1 aromatic carbocycles. The molecule has 0 saturated carbocycles. The summed E-state index contributed by atoms with van der Waals surface area (Å²) in [5.41, 5.74) is 2.04. The first kappa shape index (κ1) is 15.0. The Bertz CT molecular complexity index is 522. The largest absolute Gasteiger partial charge is 0.375 e. The molecule has 0 spiro atoms. The summed E-state index contributed by atoms with van der Waals surface area (Å²) in [4.78, 5) is 0. The van der Waals surface area contributed by atoms with Crippen LogP contribution in [0.4, 0.5) is 0 Å². The van der Waals surface area contributed by atoms with Crippen molar-refractivity contribution in [3.8, 4) is 0 Å². The second-order valence-corrected chi connectivity index (χ2v) is 5.01. The molecule has 0 aliphatic heterocycles. The molecule has 2 unspecified atom stereocenters. The number of nitrogens with one attached hydrogen (secondary N) is 1. The van der Waals surface area contributed by atoms with E-state index in [2.05, 4.69) is 29.5 Å². The summed E-state index contributed by atoms with van der Waals surface area (Å²) in [5.74, 6) is 0. The quantitative estimate of drug-likeness (QED) is 0.889. The summed E-state index contributed by atoms with van der Waals surface area (Å²) in [6.07, 6.45) is 1.54. The Labute approximate surface area is 124 Å². The maximum absolute atomic E-state index is 6.29. The lowest BCUT2D eigenvalue weighted by atomic mass is 9.99. The first-order chi connectivity index (χ1) is 9.69. The second kappa shape index (κ2) is 6.88. The zero-order valence-corrected chi connectivity index (χ0v) is 12.8. The summed E-state index contributed by atoms with van der Waals surface area (Å²) < 4.78 is 7.52. The molecule has 108 valence electrons. The van der Waals surface area contributed by atoms with E-state index in [0.29, 0.717) is 5.02 Å². The van der Waals surface area contributed by atoms with Crippen molar-refractivity contribution in [2.45, 2.75) is 19.1 Å². The number of hydrogen-bond acceptors (Lipinski definition) is 3. The minimum absolute atomic E-state index is 0.0487. The van der Waals surface area contributed by atoms with E-state index in [9.17, 15) is 0 Å². The van der Waals surface area contributed by atoms with Crippen molar-refractivity contribution in [3.63, 3.8) is 0 Å². The lowest BCUT2D eigenvalue weighted by molar-refractivity contribution is 0.0655. The van der Waals surface area contributed by atoms with Crippen LogP contribution in [0.15, 0.2) is 36.5 Å². The van der Waals surface area contributed by atoms with Crippen LogP contribution in [0.3, 0.4) is 0 Å². The number of aromatic nitrogens is 2. The van der Waals surface area contributed by atoms with Crippen molar-refractivity contribution in [2.24, 2.45) is 7.05 Å². The molecule has 0 fully saturated rings. The summed E-state index contributed by atoms with van der Waals surface area (Å²) in [7, 11) is 3.61. The summed E-state index contributed by atoms with van der Waals surface area (Å²) in [5, 5.41) is 8.31. The molecule has 0 saturated heterocycles. The van der Waals surface area contributed by atoms with Crippen LogP contribution in [-0.4, -0.2) is 23.4 Å². The van der Waals surface area contributed by atoms with Crippen molar-refractivity contribution in [1.82, 2.24) is 15.1 Å². The molecule has 0 aliphatic rings. The standard InChI is InChI=1S/C15H20ClN3O/c1-4-17-13(14-12(16)10-18-19(14)2)15(20-3)11-8-6-5-7-9-11/h5-10,13,15,17H,4H2,1-3H3. The van der Waals surface area contributed by atoms with Crippen LogP contribution in [0.2, 0.25) is 5.02 Å². The van der Waals surface area contributed by atoms with E-state index in [1.807, 2.05) is 25.2 Å². The number of nitrogens with zero attached hydrogens (tertiary/aromatic N) is 2. The molecule has 0 bridgehead atoms. The van der Waals surface area contributed by atoms with Crippen LogP contribution in [-0.2, 0) is 11.8 Å². The van der Waals surface area contributed by atoms with Gasteiger partial charge in [0.25, 0.3) is 0 Å². The summed E-state index contributed by atoms with van der Waals surface area (Å²) >= 11 is 6.29. The van der Waals surface area contributed by atoms with Crippen LogP contribution in [0.25, 0.3) is 0 Å². The Morgan fingerprint density at radius 3 is 2.55 bits per heavy atom. The molecule has 0 amide bonds. The predicted molar refractivity (Wildman–Crippen MR) is 80.8 cm³/mol. The van der Waals surface area contributed by atoms with Gasteiger partial charge < -0.3 is 10.1 Å². The maximum atomic E-state index is 6.29. The van der Waals surface area contributed by atoms with Crippen LogP contribution >= 0.6 is 11.6 Å². The van der Waals surface area contributed by atoms with Gasteiger partial charge in [0, 0.05) is 14.2 Å². The lowest BCUT2D eigenvalue weighted by Gasteiger charge is -2.27. The molecule has 1 aromatic heterocycles. The molecular formula is C15H20ClN3O. The Kier molecular flexibility index (Phi) is 5.17. The minimum Gasteiger partial charge on any atom is -0.375 e. The third kappa shape index (κ3) is 3.03. The smallest absolute Gasteiger partial charge is 0.103 e. The van der Waals surface area contributed by atoms with E-state index >= 15 is 0 Å². The number of rotatable bonds is 6. The van der Waals surface area contributed by atoms with Crippen LogP contribution < -0.4 is 5.32 Å². The van der Waals surface area contributed by atoms with Gasteiger partial charge in [-0.05, 0) is 12.1 Å². The topological polar surface area (TPSA) is 39.1 Å². The van der Waals surface area contributed by atoms with E-state index in [-0.39, 0.29) is 12.1 Å². The molecule has 0 aliphatic carbocycles. The average Bonchev–Trinajstić information content (AvgIpc) is 2.79. The number of benzene rings is 1. The molecule has 1 N–H and O–H groups in total. The van der Waals surface area contributed by atoms with Gasteiger partial charge in [-0.2, -0.15) is 5.10 Å². The highest BCUT2D eigenvalue weighted by molar-refractivity contribution is 6.31. The van der Waals surface area contributed by atoms with E-state index < -0.39 is 0 Å². The van der Waals surface area contributed by atoms with Gasteiger partial charge in [0.2, 0.25) is 0 Å². The minimum atomic E-state index is -0.121. The van der Waals surface area contributed by atoms with Gasteiger partial charge >= 0.3 is 0 Å². The van der Waals surface area contributed by atoms with Gasteiger partial charge in [0.15, 0.2) is 0 Å². The molecule has 0 radical (unpaired) electrons. The van der Waals surface area contributed by atoms with E-state index in [4.69, 9.17) is 16.3 Å². The molecule has 20 heavy (non-hydrogen) atoms. The Morgan fingerprint density at radius 2 is 2.05 bits per heavy atom. The van der Waals surface area contributed by atoms with Crippen molar-refractivity contribution >= 4 is 11.6 Å². The molecule has 1 heterocycles. The van der Waals surface area contributed by atoms with Gasteiger partial charge in [-0.3, -0.25) is 4.68 Å². The average molecular weight is 294 g/mol. The molecule has 2 aromatic rings.